The Morgan fingerprint density at radius 3 is 3.08 bits per heavy atom. The number of hydrogen-bond acceptors (Lipinski definition) is 2. The fourth-order valence-electron chi connectivity index (χ4n) is 1.60. The Labute approximate surface area is 77.1 Å². The number of anilines is 1. The molecule has 0 fully saturated rings. The van der Waals surface area contributed by atoms with Crippen LogP contribution in [0.4, 0.5) is 5.69 Å². The lowest BCUT2D eigenvalue weighted by atomic mass is 10.2. The predicted octanol–water partition coefficient (Wildman–Crippen LogP) is 1.84. The van der Waals surface area contributed by atoms with Crippen molar-refractivity contribution in [3.63, 3.8) is 0 Å². The van der Waals surface area contributed by atoms with Gasteiger partial charge in [-0.1, -0.05) is 11.6 Å². The van der Waals surface area contributed by atoms with Gasteiger partial charge < -0.3 is 5.01 Å². The third-order valence-corrected chi connectivity index (χ3v) is 2.44. The molecule has 64 valence electrons. The lowest BCUT2D eigenvalue weighted by Gasteiger charge is -2.16. The standard InChI is InChI=1S/C9H11ClN2/c1-11-12-5-4-7-6-8(10)2-3-9(7)12/h2-3,6,11H,4-5H2,1H3. The monoisotopic (exact) mass is 182 g/mol. The molecule has 3 heteroatoms. The summed E-state index contributed by atoms with van der Waals surface area (Å²) in [5.41, 5.74) is 5.71. The minimum atomic E-state index is 0.826. The molecule has 2 nitrogen and oxygen atoms in total. The van der Waals surface area contributed by atoms with E-state index in [0.29, 0.717) is 0 Å². The molecule has 1 N–H and O–H groups in total. The van der Waals surface area contributed by atoms with Crippen LogP contribution in [-0.2, 0) is 6.42 Å². The maximum Gasteiger partial charge on any atom is 0.0553 e. The quantitative estimate of drug-likeness (QED) is 0.713. The van der Waals surface area contributed by atoms with Crippen LogP contribution in [0.1, 0.15) is 5.56 Å². The van der Waals surface area contributed by atoms with Crippen LogP contribution in [0.5, 0.6) is 0 Å². The highest BCUT2D eigenvalue weighted by atomic mass is 35.5. The molecule has 0 saturated carbocycles. The van der Waals surface area contributed by atoms with Crippen LogP contribution in [0.15, 0.2) is 18.2 Å². The van der Waals surface area contributed by atoms with Crippen molar-refractivity contribution in [2.24, 2.45) is 0 Å². The van der Waals surface area contributed by atoms with E-state index in [0.717, 1.165) is 18.0 Å². The van der Waals surface area contributed by atoms with Gasteiger partial charge in [-0.3, -0.25) is 0 Å². The highest BCUT2D eigenvalue weighted by Crippen LogP contribution is 2.28. The summed E-state index contributed by atoms with van der Waals surface area (Å²) in [5.74, 6) is 0. The molecule has 0 amide bonds. The molecule has 0 atom stereocenters. The summed E-state index contributed by atoms with van der Waals surface area (Å²) in [7, 11) is 1.93. The first kappa shape index (κ1) is 7.90. The van der Waals surface area contributed by atoms with Crippen LogP contribution in [0.25, 0.3) is 0 Å². The summed E-state index contributed by atoms with van der Waals surface area (Å²) in [4.78, 5) is 0. The zero-order valence-corrected chi connectivity index (χ0v) is 7.73. The Balaban J connectivity index is 2.40. The molecular weight excluding hydrogens is 172 g/mol. The zero-order valence-electron chi connectivity index (χ0n) is 6.97. The molecule has 1 aromatic carbocycles. The fourth-order valence-corrected chi connectivity index (χ4v) is 1.80. The normalized spacial score (nSPS) is 15.0. The van der Waals surface area contributed by atoms with Gasteiger partial charge in [0.25, 0.3) is 0 Å². The molecule has 0 unspecified atom stereocenters. The maximum atomic E-state index is 5.88. The van der Waals surface area contributed by atoms with Crippen LogP contribution in [0.3, 0.4) is 0 Å². The number of rotatable bonds is 1. The van der Waals surface area contributed by atoms with E-state index >= 15 is 0 Å². The first-order chi connectivity index (χ1) is 5.81. The van der Waals surface area contributed by atoms with Gasteiger partial charge in [0.15, 0.2) is 0 Å². The minimum Gasteiger partial charge on any atom is -0.308 e. The molecule has 0 spiro atoms. The average Bonchev–Trinajstić information content (AvgIpc) is 2.46. The van der Waals surface area contributed by atoms with Gasteiger partial charge in [0.1, 0.15) is 0 Å². The zero-order chi connectivity index (χ0) is 8.55. The number of fused-ring (bicyclic) bond motifs is 1. The summed E-state index contributed by atoms with van der Waals surface area (Å²) in [6.07, 6.45) is 1.08. The predicted molar refractivity (Wildman–Crippen MR) is 51.6 cm³/mol. The van der Waals surface area contributed by atoms with Crippen molar-refractivity contribution in [2.45, 2.75) is 6.42 Å². The van der Waals surface area contributed by atoms with Crippen LogP contribution >= 0.6 is 11.6 Å². The van der Waals surface area contributed by atoms with Gasteiger partial charge >= 0.3 is 0 Å². The van der Waals surface area contributed by atoms with Crippen molar-refractivity contribution < 1.29 is 0 Å². The van der Waals surface area contributed by atoms with Gasteiger partial charge in [0.05, 0.1) is 5.69 Å². The second-order valence-electron chi connectivity index (χ2n) is 2.90. The molecule has 0 aromatic heterocycles. The van der Waals surface area contributed by atoms with Crippen molar-refractivity contribution in [1.29, 1.82) is 0 Å². The Morgan fingerprint density at radius 1 is 1.50 bits per heavy atom. The average molecular weight is 183 g/mol. The van der Waals surface area contributed by atoms with Crippen LogP contribution < -0.4 is 10.4 Å². The molecule has 12 heavy (non-hydrogen) atoms. The molecule has 1 aromatic rings. The van der Waals surface area contributed by atoms with Crippen molar-refractivity contribution in [3.8, 4) is 0 Å². The molecule has 1 aliphatic rings. The lowest BCUT2D eigenvalue weighted by Crippen LogP contribution is -2.32. The highest BCUT2D eigenvalue weighted by Gasteiger charge is 2.17. The van der Waals surface area contributed by atoms with Gasteiger partial charge in [-0.15, -0.1) is 0 Å². The van der Waals surface area contributed by atoms with E-state index < -0.39 is 0 Å². The first-order valence-corrected chi connectivity index (χ1v) is 4.42. The van der Waals surface area contributed by atoms with Gasteiger partial charge in [0.2, 0.25) is 0 Å². The molecule has 0 bridgehead atoms. The minimum absolute atomic E-state index is 0.826. The van der Waals surface area contributed by atoms with E-state index in [1.807, 2.05) is 19.2 Å². The molecule has 0 aliphatic carbocycles. The largest absolute Gasteiger partial charge is 0.308 e. The maximum absolute atomic E-state index is 5.88. The SMILES string of the molecule is CNN1CCc2cc(Cl)ccc21. The van der Waals surface area contributed by atoms with Crippen LogP contribution in [0, 0.1) is 0 Å². The van der Waals surface area contributed by atoms with E-state index in [2.05, 4.69) is 16.5 Å². The van der Waals surface area contributed by atoms with Gasteiger partial charge in [-0.2, -0.15) is 0 Å². The molecule has 1 heterocycles. The Morgan fingerprint density at radius 2 is 2.33 bits per heavy atom. The van der Waals surface area contributed by atoms with Crippen LogP contribution in [-0.4, -0.2) is 13.6 Å². The van der Waals surface area contributed by atoms with Gasteiger partial charge in [-0.25, -0.2) is 5.43 Å². The number of halogens is 1. The van der Waals surface area contributed by atoms with E-state index in [1.54, 1.807) is 0 Å². The molecule has 0 radical (unpaired) electrons. The number of benzene rings is 1. The van der Waals surface area contributed by atoms with E-state index in [-0.39, 0.29) is 0 Å². The van der Waals surface area contributed by atoms with E-state index in [1.165, 1.54) is 11.3 Å². The van der Waals surface area contributed by atoms with E-state index in [9.17, 15) is 0 Å². The Bertz CT molecular complexity index is 299. The third kappa shape index (κ3) is 1.17. The Hall–Kier alpha value is -0.730. The lowest BCUT2D eigenvalue weighted by molar-refractivity contribution is 0.734. The number of nitrogens with one attached hydrogen (secondary N) is 1. The number of nitrogens with zero attached hydrogens (tertiary/aromatic N) is 1. The molecule has 0 saturated heterocycles. The van der Waals surface area contributed by atoms with Crippen LogP contribution in [0.2, 0.25) is 5.02 Å². The summed E-state index contributed by atoms with van der Waals surface area (Å²) < 4.78 is 0. The van der Waals surface area contributed by atoms with Crippen molar-refractivity contribution in [3.05, 3.63) is 28.8 Å². The molecule has 2 rings (SSSR count). The van der Waals surface area contributed by atoms with Crippen molar-refractivity contribution in [2.75, 3.05) is 18.6 Å². The third-order valence-electron chi connectivity index (χ3n) is 2.21. The summed E-state index contributed by atoms with van der Waals surface area (Å²) in [6.45, 7) is 1.03. The topological polar surface area (TPSA) is 15.3 Å². The summed E-state index contributed by atoms with van der Waals surface area (Å²) >= 11 is 5.88. The summed E-state index contributed by atoms with van der Waals surface area (Å²) in [6, 6.07) is 6.02. The first-order valence-electron chi connectivity index (χ1n) is 4.04. The summed E-state index contributed by atoms with van der Waals surface area (Å²) in [5, 5.41) is 2.96. The molecule has 1 aliphatic heterocycles. The smallest absolute Gasteiger partial charge is 0.0553 e. The van der Waals surface area contributed by atoms with Gasteiger partial charge in [0, 0.05) is 18.6 Å². The van der Waals surface area contributed by atoms with Crippen molar-refractivity contribution in [1.82, 2.24) is 5.43 Å². The fraction of sp³-hybridized carbons (Fsp3) is 0.333. The number of hydrazine groups is 1. The second-order valence-corrected chi connectivity index (χ2v) is 3.33. The Kier molecular flexibility index (Phi) is 1.95. The van der Waals surface area contributed by atoms with Gasteiger partial charge in [-0.05, 0) is 30.2 Å². The molecular formula is C9H11ClN2. The van der Waals surface area contributed by atoms with Crippen molar-refractivity contribution >= 4 is 17.3 Å². The number of hydrogen-bond donors (Lipinski definition) is 1. The second kappa shape index (κ2) is 2.96. The highest BCUT2D eigenvalue weighted by molar-refractivity contribution is 6.30. The van der Waals surface area contributed by atoms with E-state index in [4.69, 9.17) is 11.6 Å².